The first-order valence-corrected chi connectivity index (χ1v) is 9.15. The number of benzene rings is 2. The van der Waals surface area contributed by atoms with E-state index in [9.17, 15) is 9.59 Å². The molecule has 2 aromatic carbocycles. The molecular formula is C22H25NO4. The summed E-state index contributed by atoms with van der Waals surface area (Å²) in [4.78, 5) is 25.9. The van der Waals surface area contributed by atoms with Gasteiger partial charge in [0.1, 0.15) is 18.0 Å². The van der Waals surface area contributed by atoms with Crippen LogP contribution in [0.1, 0.15) is 50.8 Å². The fourth-order valence-electron chi connectivity index (χ4n) is 3.07. The smallest absolute Gasteiger partial charge is 0.417 e. The van der Waals surface area contributed by atoms with Crippen LogP contribution in [0.5, 0.6) is 5.75 Å². The highest BCUT2D eigenvalue weighted by Crippen LogP contribution is 2.34. The number of hydrogen-bond donors (Lipinski definition) is 0. The fraction of sp³-hybridized carbons (Fsp3) is 0.364. The maximum absolute atomic E-state index is 12.4. The Labute approximate surface area is 159 Å². The lowest BCUT2D eigenvalue weighted by molar-refractivity contribution is -0.128. The third-order valence-electron chi connectivity index (χ3n) is 4.32. The van der Waals surface area contributed by atoms with Crippen LogP contribution in [0.2, 0.25) is 0 Å². The van der Waals surface area contributed by atoms with Gasteiger partial charge in [0.15, 0.2) is 0 Å². The zero-order valence-corrected chi connectivity index (χ0v) is 16.0. The van der Waals surface area contributed by atoms with Crippen molar-refractivity contribution in [2.24, 2.45) is 0 Å². The normalized spacial score (nSPS) is 17.1. The molecule has 0 N–H and O–H groups in total. The van der Waals surface area contributed by atoms with Crippen molar-refractivity contribution in [2.75, 3.05) is 0 Å². The van der Waals surface area contributed by atoms with Gasteiger partial charge in [0.05, 0.1) is 6.04 Å². The molecular weight excluding hydrogens is 342 g/mol. The van der Waals surface area contributed by atoms with E-state index in [-0.39, 0.29) is 11.9 Å². The van der Waals surface area contributed by atoms with Gasteiger partial charge in [-0.1, -0.05) is 42.5 Å². The standard InChI is InChI=1S/C22H25NO4/c1-22(2,3)27-21(25)23-19(13-14-20(23)24)17-9-11-18(12-10-17)26-15-16-7-5-4-6-8-16/h4-12,19H,13-15H2,1-3H3. The predicted octanol–water partition coefficient (Wildman–Crippen LogP) is 4.86. The van der Waals surface area contributed by atoms with Crippen LogP contribution < -0.4 is 4.74 Å². The van der Waals surface area contributed by atoms with Crippen molar-refractivity contribution in [1.82, 2.24) is 4.90 Å². The summed E-state index contributed by atoms with van der Waals surface area (Å²) in [6.45, 7) is 5.87. The molecule has 142 valence electrons. The molecule has 1 atom stereocenters. The Morgan fingerprint density at radius 2 is 1.74 bits per heavy atom. The molecule has 0 saturated carbocycles. The highest BCUT2D eigenvalue weighted by molar-refractivity contribution is 5.94. The van der Waals surface area contributed by atoms with Gasteiger partial charge < -0.3 is 9.47 Å². The molecule has 0 spiro atoms. The van der Waals surface area contributed by atoms with Crippen molar-refractivity contribution in [2.45, 2.75) is 51.9 Å². The van der Waals surface area contributed by atoms with Gasteiger partial charge in [-0.15, -0.1) is 0 Å². The highest BCUT2D eigenvalue weighted by atomic mass is 16.6. The third-order valence-corrected chi connectivity index (χ3v) is 4.32. The average Bonchev–Trinajstić information content (AvgIpc) is 3.01. The molecule has 2 aromatic rings. The molecule has 3 rings (SSSR count). The highest BCUT2D eigenvalue weighted by Gasteiger charge is 2.39. The van der Waals surface area contributed by atoms with Gasteiger partial charge in [-0.3, -0.25) is 4.79 Å². The Balaban J connectivity index is 1.68. The summed E-state index contributed by atoms with van der Waals surface area (Å²) >= 11 is 0. The molecule has 1 unspecified atom stereocenters. The van der Waals surface area contributed by atoms with E-state index in [1.165, 1.54) is 4.90 Å². The van der Waals surface area contributed by atoms with Gasteiger partial charge in [-0.25, -0.2) is 9.69 Å². The predicted molar refractivity (Wildman–Crippen MR) is 102 cm³/mol. The SMILES string of the molecule is CC(C)(C)OC(=O)N1C(=O)CCC1c1ccc(OCc2ccccc2)cc1. The summed E-state index contributed by atoms with van der Waals surface area (Å²) in [5.41, 5.74) is 1.36. The first kappa shape index (κ1) is 19.0. The van der Waals surface area contributed by atoms with Crippen LogP contribution in [0.3, 0.4) is 0 Å². The Morgan fingerprint density at radius 3 is 2.37 bits per heavy atom. The third kappa shape index (κ3) is 4.88. The molecule has 1 aliphatic heterocycles. The average molecular weight is 367 g/mol. The minimum atomic E-state index is -0.639. The second-order valence-corrected chi connectivity index (χ2v) is 7.64. The van der Waals surface area contributed by atoms with E-state index in [2.05, 4.69) is 0 Å². The first-order chi connectivity index (χ1) is 12.8. The Morgan fingerprint density at radius 1 is 1.07 bits per heavy atom. The van der Waals surface area contributed by atoms with Crippen LogP contribution in [0.25, 0.3) is 0 Å². The maximum atomic E-state index is 12.4. The largest absolute Gasteiger partial charge is 0.489 e. The Hall–Kier alpha value is -2.82. The van der Waals surface area contributed by atoms with Gasteiger partial charge >= 0.3 is 6.09 Å². The number of carbonyl (C=O) groups is 2. The molecule has 0 bridgehead atoms. The zero-order chi connectivity index (χ0) is 19.4. The summed E-state index contributed by atoms with van der Waals surface area (Å²) in [7, 11) is 0. The molecule has 1 fully saturated rings. The summed E-state index contributed by atoms with van der Waals surface area (Å²) in [6.07, 6.45) is 0.359. The monoisotopic (exact) mass is 367 g/mol. The van der Waals surface area contributed by atoms with E-state index in [0.29, 0.717) is 19.4 Å². The van der Waals surface area contributed by atoms with Crippen molar-refractivity contribution in [3.63, 3.8) is 0 Å². The van der Waals surface area contributed by atoms with Crippen LogP contribution in [0.15, 0.2) is 54.6 Å². The van der Waals surface area contributed by atoms with E-state index < -0.39 is 11.7 Å². The lowest BCUT2D eigenvalue weighted by Gasteiger charge is -2.27. The van der Waals surface area contributed by atoms with Crippen molar-refractivity contribution >= 4 is 12.0 Å². The molecule has 1 heterocycles. The summed E-state index contributed by atoms with van der Waals surface area (Å²) in [5.74, 6) is 0.550. The number of carbonyl (C=O) groups excluding carboxylic acids is 2. The summed E-state index contributed by atoms with van der Waals surface area (Å²) < 4.78 is 11.2. The van der Waals surface area contributed by atoms with Crippen LogP contribution in [-0.2, 0) is 16.1 Å². The maximum Gasteiger partial charge on any atom is 0.417 e. The summed E-state index contributed by atoms with van der Waals surface area (Å²) in [6, 6.07) is 17.2. The fourth-order valence-corrected chi connectivity index (χ4v) is 3.07. The molecule has 0 radical (unpaired) electrons. The first-order valence-electron chi connectivity index (χ1n) is 9.15. The molecule has 1 saturated heterocycles. The molecule has 2 amide bonds. The quantitative estimate of drug-likeness (QED) is 0.774. The number of likely N-dealkylation sites (tertiary alicyclic amines) is 1. The van der Waals surface area contributed by atoms with Crippen molar-refractivity contribution in [3.05, 3.63) is 65.7 Å². The van der Waals surface area contributed by atoms with Gasteiger partial charge in [0.2, 0.25) is 5.91 Å². The number of hydrogen-bond acceptors (Lipinski definition) is 4. The van der Waals surface area contributed by atoms with E-state index in [1.54, 1.807) is 20.8 Å². The topological polar surface area (TPSA) is 55.8 Å². The summed E-state index contributed by atoms with van der Waals surface area (Å²) in [5, 5.41) is 0. The zero-order valence-electron chi connectivity index (χ0n) is 16.0. The van der Waals surface area contributed by atoms with Gasteiger partial charge in [0, 0.05) is 6.42 Å². The molecule has 5 nitrogen and oxygen atoms in total. The number of rotatable bonds is 4. The van der Waals surface area contributed by atoms with E-state index in [4.69, 9.17) is 9.47 Å². The van der Waals surface area contributed by atoms with Crippen LogP contribution in [0.4, 0.5) is 4.79 Å². The van der Waals surface area contributed by atoms with Crippen molar-refractivity contribution in [1.29, 1.82) is 0 Å². The number of ether oxygens (including phenoxy) is 2. The lowest BCUT2D eigenvalue weighted by atomic mass is 10.0. The molecule has 5 heteroatoms. The second kappa shape index (κ2) is 7.82. The van der Waals surface area contributed by atoms with Gasteiger partial charge in [-0.05, 0) is 50.5 Å². The van der Waals surface area contributed by atoms with Crippen LogP contribution in [0, 0.1) is 0 Å². The van der Waals surface area contributed by atoms with Gasteiger partial charge in [-0.2, -0.15) is 0 Å². The number of amides is 2. The van der Waals surface area contributed by atoms with E-state index in [0.717, 1.165) is 16.9 Å². The van der Waals surface area contributed by atoms with Crippen molar-refractivity contribution in [3.8, 4) is 5.75 Å². The Kier molecular flexibility index (Phi) is 5.49. The Bertz CT molecular complexity index is 793. The second-order valence-electron chi connectivity index (χ2n) is 7.64. The van der Waals surface area contributed by atoms with E-state index in [1.807, 2.05) is 54.6 Å². The van der Waals surface area contributed by atoms with Crippen LogP contribution >= 0.6 is 0 Å². The molecule has 0 aliphatic carbocycles. The van der Waals surface area contributed by atoms with Gasteiger partial charge in [0.25, 0.3) is 0 Å². The van der Waals surface area contributed by atoms with Crippen LogP contribution in [-0.4, -0.2) is 22.5 Å². The molecule has 27 heavy (non-hydrogen) atoms. The molecule has 1 aliphatic rings. The minimum absolute atomic E-state index is 0.196. The number of nitrogens with zero attached hydrogens (tertiary/aromatic N) is 1. The number of imide groups is 1. The van der Waals surface area contributed by atoms with E-state index >= 15 is 0 Å². The minimum Gasteiger partial charge on any atom is -0.489 e. The lowest BCUT2D eigenvalue weighted by Crippen LogP contribution is -2.38. The molecule has 0 aromatic heterocycles. The van der Waals surface area contributed by atoms with Crippen molar-refractivity contribution < 1.29 is 19.1 Å².